The molecular weight excluding hydrogens is 146 g/mol. The number of rotatable bonds is 5. The van der Waals surface area contributed by atoms with Crippen molar-refractivity contribution >= 4 is 0 Å². The van der Waals surface area contributed by atoms with E-state index in [1.165, 1.54) is 25.9 Å². The minimum Gasteiger partial charge on any atom is -0.316 e. The normalized spacial score (nSPS) is 28.5. The van der Waals surface area contributed by atoms with E-state index < -0.39 is 0 Å². The van der Waals surface area contributed by atoms with Crippen LogP contribution >= 0.6 is 0 Å². The van der Waals surface area contributed by atoms with Crippen molar-refractivity contribution < 1.29 is 0 Å². The molecule has 1 aliphatic rings. The Morgan fingerprint density at radius 2 is 2.08 bits per heavy atom. The Bertz CT molecular complexity index is 140. The van der Waals surface area contributed by atoms with Gasteiger partial charge in [0.1, 0.15) is 0 Å². The molecular formula is C11H23N. The maximum absolute atomic E-state index is 3.55. The van der Waals surface area contributed by atoms with Crippen molar-refractivity contribution in [3.63, 3.8) is 0 Å². The smallest absolute Gasteiger partial charge is 0.00151 e. The summed E-state index contributed by atoms with van der Waals surface area (Å²) in [5.41, 5.74) is 0.641. The molecule has 1 nitrogen and oxygen atoms in total. The minimum atomic E-state index is 0.641. The fourth-order valence-corrected chi connectivity index (χ4v) is 1.57. The van der Waals surface area contributed by atoms with E-state index in [1.807, 2.05) is 0 Å². The van der Waals surface area contributed by atoms with Crippen molar-refractivity contribution in [2.75, 3.05) is 13.1 Å². The summed E-state index contributed by atoms with van der Waals surface area (Å²) in [7, 11) is 0. The van der Waals surface area contributed by atoms with Gasteiger partial charge in [0.2, 0.25) is 0 Å². The lowest BCUT2D eigenvalue weighted by Gasteiger charge is -2.10. The van der Waals surface area contributed by atoms with Gasteiger partial charge >= 0.3 is 0 Å². The van der Waals surface area contributed by atoms with Crippen LogP contribution in [0.15, 0.2) is 0 Å². The average molecular weight is 169 g/mol. The number of nitrogens with one attached hydrogen (secondary N) is 1. The second kappa shape index (κ2) is 3.78. The summed E-state index contributed by atoms with van der Waals surface area (Å²) in [4.78, 5) is 0. The molecule has 0 spiro atoms. The van der Waals surface area contributed by atoms with E-state index in [2.05, 4.69) is 33.0 Å². The van der Waals surface area contributed by atoms with E-state index in [0.717, 1.165) is 11.8 Å². The minimum absolute atomic E-state index is 0.641. The third-order valence-electron chi connectivity index (χ3n) is 3.30. The molecule has 0 aliphatic heterocycles. The maximum Gasteiger partial charge on any atom is -0.00151 e. The van der Waals surface area contributed by atoms with Crippen LogP contribution in [0.1, 0.15) is 40.5 Å². The Kier molecular flexibility index (Phi) is 3.16. The second-order valence-electron chi connectivity index (χ2n) is 5.06. The van der Waals surface area contributed by atoms with E-state index in [-0.39, 0.29) is 0 Å². The zero-order valence-electron chi connectivity index (χ0n) is 8.98. The van der Waals surface area contributed by atoms with Crippen LogP contribution in [-0.4, -0.2) is 13.1 Å². The summed E-state index contributed by atoms with van der Waals surface area (Å²) < 4.78 is 0. The van der Waals surface area contributed by atoms with Crippen LogP contribution in [0, 0.1) is 17.3 Å². The van der Waals surface area contributed by atoms with Gasteiger partial charge in [-0.05, 0) is 36.8 Å². The van der Waals surface area contributed by atoms with E-state index in [9.17, 15) is 0 Å². The molecule has 0 heterocycles. The third-order valence-corrected chi connectivity index (χ3v) is 3.30. The maximum atomic E-state index is 3.55. The first-order valence-corrected chi connectivity index (χ1v) is 5.27. The molecule has 0 aromatic rings. The highest BCUT2D eigenvalue weighted by atomic mass is 14.9. The van der Waals surface area contributed by atoms with Gasteiger partial charge in [-0.3, -0.25) is 0 Å². The Morgan fingerprint density at radius 3 is 2.50 bits per heavy atom. The Morgan fingerprint density at radius 1 is 1.50 bits per heavy atom. The predicted octanol–water partition coefficient (Wildman–Crippen LogP) is 2.67. The molecule has 0 amide bonds. The molecule has 0 aromatic heterocycles. The van der Waals surface area contributed by atoms with Gasteiger partial charge in [0, 0.05) is 0 Å². The molecule has 0 bridgehead atoms. The fraction of sp³-hybridized carbons (Fsp3) is 1.00. The summed E-state index contributed by atoms with van der Waals surface area (Å²) in [6, 6.07) is 0. The summed E-state index contributed by atoms with van der Waals surface area (Å²) in [5.74, 6) is 1.79. The Balaban J connectivity index is 1.98. The summed E-state index contributed by atoms with van der Waals surface area (Å²) >= 11 is 0. The van der Waals surface area contributed by atoms with Crippen LogP contribution in [0.3, 0.4) is 0 Å². The highest BCUT2D eigenvalue weighted by molar-refractivity contribution is 4.96. The molecule has 1 heteroatoms. The van der Waals surface area contributed by atoms with Crippen molar-refractivity contribution in [3.8, 4) is 0 Å². The van der Waals surface area contributed by atoms with Gasteiger partial charge in [-0.15, -0.1) is 0 Å². The van der Waals surface area contributed by atoms with Gasteiger partial charge in [0.25, 0.3) is 0 Å². The number of hydrogen-bond acceptors (Lipinski definition) is 1. The van der Waals surface area contributed by atoms with Gasteiger partial charge in [0.15, 0.2) is 0 Å². The number of hydrogen-bond donors (Lipinski definition) is 1. The Labute approximate surface area is 76.9 Å². The van der Waals surface area contributed by atoms with E-state index in [4.69, 9.17) is 0 Å². The SMILES string of the molecule is CCC(C)CNCC1CC1(C)C. The zero-order valence-corrected chi connectivity index (χ0v) is 8.98. The second-order valence-corrected chi connectivity index (χ2v) is 5.06. The molecule has 0 aromatic carbocycles. The summed E-state index contributed by atoms with van der Waals surface area (Å²) in [6.07, 6.45) is 2.71. The van der Waals surface area contributed by atoms with Crippen LogP contribution < -0.4 is 5.32 Å². The van der Waals surface area contributed by atoms with Crippen LogP contribution in [0.2, 0.25) is 0 Å². The van der Waals surface area contributed by atoms with Gasteiger partial charge in [0.05, 0.1) is 0 Å². The van der Waals surface area contributed by atoms with Gasteiger partial charge < -0.3 is 5.32 Å². The van der Waals surface area contributed by atoms with Crippen LogP contribution in [-0.2, 0) is 0 Å². The lowest BCUT2D eigenvalue weighted by molar-refractivity contribution is 0.463. The Hall–Kier alpha value is -0.0400. The molecule has 12 heavy (non-hydrogen) atoms. The lowest BCUT2D eigenvalue weighted by Crippen LogP contribution is -2.24. The first-order chi connectivity index (χ1) is 5.56. The first kappa shape index (κ1) is 10.0. The molecule has 2 unspecified atom stereocenters. The van der Waals surface area contributed by atoms with Gasteiger partial charge in [-0.2, -0.15) is 0 Å². The van der Waals surface area contributed by atoms with Crippen LogP contribution in [0.5, 0.6) is 0 Å². The predicted molar refractivity (Wildman–Crippen MR) is 54.2 cm³/mol. The van der Waals surface area contributed by atoms with Crippen LogP contribution in [0.4, 0.5) is 0 Å². The molecule has 1 rings (SSSR count). The molecule has 1 aliphatic carbocycles. The molecule has 72 valence electrons. The molecule has 1 N–H and O–H groups in total. The largest absolute Gasteiger partial charge is 0.316 e. The molecule has 1 saturated carbocycles. The first-order valence-electron chi connectivity index (χ1n) is 5.27. The molecule has 0 radical (unpaired) electrons. The quantitative estimate of drug-likeness (QED) is 0.667. The third kappa shape index (κ3) is 2.78. The van der Waals surface area contributed by atoms with Gasteiger partial charge in [-0.25, -0.2) is 0 Å². The molecule has 2 atom stereocenters. The standard InChI is InChI=1S/C11H23N/c1-5-9(2)7-12-8-10-6-11(10,3)4/h9-10,12H,5-8H2,1-4H3. The zero-order chi connectivity index (χ0) is 9.19. The molecule has 1 fully saturated rings. The van der Waals surface area contributed by atoms with Crippen molar-refractivity contribution in [1.29, 1.82) is 0 Å². The van der Waals surface area contributed by atoms with Crippen molar-refractivity contribution in [3.05, 3.63) is 0 Å². The van der Waals surface area contributed by atoms with E-state index in [0.29, 0.717) is 5.41 Å². The highest BCUT2D eigenvalue weighted by Crippen LogP contribution is 2.50. The van der Waals surface area contributed by atoms with Crippen LogP contribution in [0.25, 0.3) is 0 Å². The highest BCUT2D eigenvalue weighted by Gasteiger charge is 2.44. The van der Waals surface area contributed by atoms with Crippen molar-refractivity contribution in [1.82, 2.24) is 5.32 Å². The van der Waals surface area contributed by atoms with Gasteiger partial charge in [-0.1, -0.05) is 34.1 Å². The topological polar surface area (TPSA) is 12.0 Å². The van der Waals surface area contributed by atoms with Crippen molar-refractivity contribution in [2.45, 2.75) is 40.5 Å². The monoisotopic (exact) mass is 169 g/mol. The van der Waals surface area contributed by atoms with E-state index >= 15 is 0 Å². The molecule has 0 saturated heterocycles. The fourth-order valence-electron chi connectivity index (χ4n) is 1.57. The van der Waals surface area contributed by atoms with E-state index in [1.54, 1.807) is 0 Å². The lowest BCUT2D eigenvalue weighted by atomic mass is 10.1. The average Bonchev–Trinajstić information content (AvgIpc) is 2.59. The van der Waals surface area contributed by atoms with Crippen molar-refractivity contribution in [2.24, 2.45) is 17.3 Å². The summed E-state index contributed by atoms with van der Waals surface area (Å²) in [5, 5.41) is 3.55. The summed E-state index contributed by atoms with van der Waals surface area (Å²) in [6.45, 7) is 11.7.